The molecule has 0 spiro atoms. The van der Waals surface area contributed by atoms with E-state index < -0.39 is 11.8 Å². The van der Waals surface area contributed by atoms with Gasteiger partial charge in [-0.15, -0.1) is 0 Å². The van der Waals surface area contributed by atoms with Crippen molar-refractivity contribution in [3.63, 3.8) is 0 Å². The number of thioether (sulfide) groups is 1. The number of hydrogen-bond donors (Lipinski definition) is 1. The molecule has 3 aromatic rings. The lowest BCUT2D eigenvalue weighted by atomic mass is 10.2. The van der Waals surface area contributed by atoms with Crippen LogP contribution in [0, 0.1) is 0 Å². The number of ether oxygens (including phenoxy) is 1. The average Bonchev–Trinajstić information content (AvgIpc) is 2.99. The van der Waals surface area contributed by atoms with Gasteiger partial charge in [0.25, 0.3) is 11.8 Å². The molecule has 1 aliphatic rings. The van der Waals surface area contributed by atoms with Gasteiger partial charge in [-0.05, 0) is 42.5 Å². The predicted octanol–water partition coefficient (Wildman–Crippen LogP) is 5.99. The number of anilines is 2. The summed E-state index contributed by atoms with van der Waals surface area (Å²) in [7, 11) is 1.54. The highest BCUT2D eigenvalue weighted by Crippen LogP contribution is 2.41. The van der Waals surface area contributed by atoms with E-state index in [0.29, 0.717) is 16.5 Å². The number of amides is 2. The average molecular weight is 471 g/mol. The van der Waals surface area contributed by atoms with E-state index in [9.17, 15) is 9.59 Å². The van der Waals surface area contributed by atoms with Crippen molar-refractivity contribution in [1.29, 1.82) is 0 Å². The Bertz CT molecular complexity index is 1200. The maximum absolute atomic E-state index is 13.4. The first-order valence-corrected chi connectivity index (χ1v) is 10.8. The predicted molar refractivity (Wildman–Crippen MR) is 125 cm³/mol. The molecule has 1 heterocycles. The normalized spacial score (nSPS) is 13.7. The number of hydrogen-bond acceptors (Lipinski definition) is 5. The first-order chi connectivity index (χ1) is 15.0. The first kappa shape index (κ1) is 21.3. The molecular formula is C23H16Cl2N2O3S. The largest absolute Gasteiger partial charge is 0.495 e. The topological polar surface area (TPSA) is 58.6 Å². The number of halogens is 2. The van der Waals surface area contributed by atoms with Crippen LogP contribution in [0.3, 0.4) is 0 Å². The Morgan fingerprint density at radius 1 is 0.903 bits per heavy atom. The van der Waals surface area contributed by atoms with Crippen LogP contribution in [0.1, 0.15) is 0 Å². The summed E-state index contributed by atoms with van der Waals surface area (Å²) in [6, 6.07) is 21.1. The number of benzene rings is 3. The second kappa shape index (κ2) is 9.06. The van der Waals surface area contributed by atoms with Crippen LogP contribution in [0.2, 0.25) is 10.0 Å². The van der Waals surface area contributed by atoms with Crippen molar-refractivity contribution in [3.8, 4) is 5.75 Å². The maximum atomic E-state index is 13.4. The minimum Gasteiger partial charge on any atom is -0.495 e. The van der Waals surface area contributed by atoms with Crippen LogP contribution in [-0.4, -0.2) is 18.9 Å². The Morgan fingerprint density at radius 2 is 1.61 bits per heavy atom. The van der Waals surface area contributed by atoms with Crippen molar-refractivity contribution < 1.29 is 14.3 Å². The fourth-order valence-electron chi connectivity index (χ4n) is 3.08. The molecule has 0 atom stereocenters. The minimum atomic E-state index is -0.515. The van der Waals surface area contributed by atoms with Crippen molar-refractivity contribution in [3.05, 3.63) is 93.4 Å². The van der Waals surface area contributed by atoms with Crippen molar-refractivity contribution in [1.82, 2.24) is 0 Å². The number of carbonyl (C=O) groups is 2. The van der Waals surface area contributed by atoms with Gasteiger partial charge < -0.3 is 10.1 Å². The zero-order chi connectivity index (χ0) is 22.0. The van der Waals surface area contributed by atoms with E-state index in [1.54, 1.807) is 24.3 Å². The van der Waals surface area contributed by atoms with Crippen LogP contribution in [0.25, 0.3) is 0 Å². The number of nitrogens with zero attached hydrogens (tertiary/aromatic N) is 1. The molecule has 0 saturated heterocycles. The third-order valence-corrected chi connectivity index (χ3v) is 6.15. The van der Waals surface area contributed by atoms with Crippen LogP contribution in [0.5, 0.6) is 5.75 Å². The highest BCUT2D eigenvalue weighted by molar-refractivity contribution is 8.04. The molecule has 0 saturated carbocycles. The lowest BCUT2D eigenvalue weighted by molar-refractivity contribution is -0.120. The number of carbonyl (C=O) groups excluding carboxylic acids is 2. The van der Waals surface area contributed by atoms with Gasteiger partial charge in [-0.3, -0.25) is 9.59 Å². The molecule has 4 rings (SSSR count). The molecule has 0 bridgehead atoms. The molecule has 1 N–H and O–H groups in total. The highest BCUT2D eigenvalue weighted by Gasteiger charge is 2.41. The molecule has 0 fully saturated rings. The first-order valence-electron chi connectivity index (χ1n) is 9.20. The van der Waals surface area contributed by atoms with Crippen LogP contribution >= 0.6 is 35.0 Å². The summed E-state index contributed by atoms with van der Waals surface area (Å²) in [4.78, 5) is 28.9. The molecule has 0 unspecified atom stereocenters. The van der Waals surface area contributed by atoms with Gasteiger partial charge in [0.2, 0.25) is 0 Å². The Kier molecular flexibility index (Phi) is 6.23. The summed E-state index contributed by atoms with van der Waals surface area (Å²) in [5.41, 5.74) is 0.981. The molecule has 2 amide bonds. The smallest absolute Gasteiger partial charge is 0.283 e. The highest BCUT2D eigenvalue weighted by atomic mass is 35.5. The van der Waals surface area contributed by atoms with E-state index in [0.717, 1.165) is 9.80 Å². The Morgan fingerprint density at radius 3 is 2.32 bits per heavy atom. The molecule has 8 heteroatoms. The van der Waals surface area contributed by atoms with Gasteiger partial charge >= 0.3 is 0 Å². The van der Waals surface area contributed by atoms with Crippen LogP contribution < -0.4 is 15.0 Å². The molecule has 156 valence electrons. The fourth-order valence-corrected chi connectivity index (χ4v) is 4.53. The quantitative estimate of drug-likeness (QED) is 0.448. The number of para-hydroxylation sites is 2. The summed E-state index contributed by atoms with van der Waals surface area (Å²) in [5, 5.41) is 3.71. The fraction of sp³-hybridized carbons (Fsp3) is 0.0435. The molecule has 31 heavy (non-hydrogen) atoms. The maximum Gasteiger partial charge on any atom is 0.283 e. The van der Waals surface area contributed by atoms with Crippen LogP contribution in [-0.2, 0) is 9.59 Å². The van der Waals surface area contributed by atoms with E-state index in [-0.39, 0.29) is 21.3 Å². The van der Waals surface area contributed by atoms with Gasteiger partial charge in [0.15, 0.2) is 0 Å². The molecule has 0 aliphatic carbocycles. The van der Waals surface area contributed by atoms with Gasteiger partial charge in [0.05, 0.1) is 23.5 Å². The number of imide groups is 1. The standard InChI is InChI=1S/C23H16Cl2N2O3S/c1-30-19-10-6-5-9-17(19)26-20-21(31-15-7-3-2-4-8-15)23(29)27(22(20)28)18-12-11-14(24)13-16(18)25/h2-13,26H,1H3. The molecule has 0 radical (unpaired) electrons. The van der Waals surface area contributed by atoms with Crippen molar-refractivity contribution >= 4 is 58.2 Å². The Hall–Kier alpha value is -2.93. The minimum absolute atomic E-state index is 0.148. The second-order valence-electron chi connectivity index (χ2n) is 6.49. The van der Waals surface area contributed by atoms with E-state index in [1.165, 1.54) is 24.9 Å². The second-order valence-corrected chi connectivity index (χ2v) is 8.41. The van der Waals surface area contributed by atoms with E-state index in [1.807, 2.05) is 42.5 Å². The zero-order valence-electron chi connectivity index (χ0n) is 16.3. The van der Waals surface area contributed by atoms with Gasteiger partial charge in [-0.2, -0.15) is 0 Å². The Labute approximate surface area is 193 Å². The molecular weight excluding hydrogens is 455 g/mol. The van der Waals surface area contributed by atoms with Crippen LogP contribution in [0.4, 0.5) is 11.4 Å². The van der Waals surface area contributed by atoms with Gasteiger partial charge in [-0.1, -0.05) is 65.3 Å². The third-order valence-electron chi connectivity index (χ3n) is 4.52. The van der Waals surface area contributed by atoms with Gasteiger partial charge in [0.1, 0.15) is 16.4 Å². The number of nitrogens with one attached hydrogen (secondary N) is 1. The van der Waals surface area contributed by atoms with E-state index in [4.69, 9.17) is 27.9 Å². The van der Waals surface area contributed by atoms with Gasteiger partial charge in [0, 0.05) is 9.92 Å². The SMILES string of the molecule is COc1ccccc1NC1=C(Sc2ccccc2)C(=O)N(c2ccc(Cl)cc2Cl)C1=O. The molecule has 0 aromatic heterocycles. The number of methoxy groups -OCH3 is 1. The van der Waals surface area contributed by atoms with E-state index >= 15 is 0 Å². The third kappa shape index (κ3) is 4.28. The van der Waals surface area contributed by atoms with Crippen molar-refractivity contribution in [2.24, 2.45) is 0 Å². The summed E-state index contributed by atoms with van der Waals surface area (Å²) in [6.07, 6.45) is 0. The summed E-state index contributed by atoms with van der Waals surface area (Å²) in [6.45, 7) is 0. The van der Waals surface area contributed by atoms with Crippen LogP contribution in [0.15, 0.2) is 88.3 Å². The van der Waals surface area contributed by atoms with Gasteiger partial charge in [-0.25, -0.2) is 4.90 Å². The molecule has 1 aliphatic heterocycles. The summed E-state index contributed by atoms with van der Waals surface area (Å²) >= 11 is 13.5. The lowest BCUT2D eigenvalue weighted by Gasteiger charge is -2.17. The number of rotatable bonds is 6. The lowest BCUT2D eigenvalue weighted by Crippen LogP contribution is -2.32. The summed E-state index contributed by atoms with van der Waals surface area (Å²) < 4.78 is 5.38. The van der Waals surface area contributed by atoms with E-state index in [2.05, 4.69) is 5.32 Å². The summed E-state index contributed by atoms with van der Waals surface area (Å²) in [5.74, 6) is -0.443. The monoisotopic (exact) mass is 470 g/mol. The zero-order valence-corrected chi connectivity index (χ0v) is 18.6. The molecule has 5 nitrogen and oxygen atoms in total. The molecule has 3 aromatic carbocycles. The van der Waals surface area contributed by atoms with Crippen molar-refractivity contribution in [2.75, 3.05) is 17.3 Å². The Balaban J connectivity index is 1.79. The van der Waals surface area contributed by atoms with Crippen molar-refractivity contribution in [2.45, 2.75) is 4.90 Å².